The number of hydrogen-bond donors (Lipinski definition) is 0. The van der Waals surface area contributed by atoms with Crippen LogP contribution >= 0.6 is 0 Å². The van der Waals surface area contributed by atoms with E-state index in [2.05, 4.69) is 144 Å². The van der Waals surface area contributed by atoms with Gasteiger partial charge in [0.25, 0.3) is 0 Å². The Labute approximate surface area is 315 Å². The molecular weight excluding hydrogens is 861 g/mol. The Morgan fingerprint density at radius 3 is 2.12 bits per heavy atom. The van der Waals surface area contributed by atoms with Crippen molar-refractivity contribution in [3.8, 4) is 22.4 Å². The van der Waals surface area contributed by atoms with E-state index in [0.29, 0.717) is 0 Å². The third-order valence-corrected chi connectivity index (χ3v) is 13.6. The first-order valence-corrected chi connectivity index (χ1v) is 24.4. The Morgan fingerprint density at radius 1 is 0.627 bits per heavy atom. The van der Waals surface area contributed by atoms with Crippen LogP contribution in [0, 0.1) is 12.1 Å². The van der Waals surface area contributed by atoms with Crippen LogP contribution < -0.4 is 4.40 Å². The number of nitrogens with zero attached hydrogens (tertiary/aromatic N) is 2. The molecule has 8 aromatic rings. The molecule has 5 heteroatoms. The second-order valence-electron chi connectivity index (χ2n) is 13.6. The molecule has 1 aliphatic heterocycles. The molecule has 1 aliphatic rings. The molecule has 0 N–H and O–H groups in total. The van der Waals surface area contributed by atoms with Gasteiger partial charge in [0.05, 0.1) is 11.3 Å². The van der Waals surface area contributed by atoms with Gasteiger partial charge in [0, 0.05) is 31.4 Å². The molecule has 0 bridgehead atoms. The van der Waals surface area contributed by atoms with Gasteiger partial charge < -0.3 is 4.42 Å². The van der Waals surface area contributed by atoms with Crippen molar-refractivity contribution in [3.63, 3.8) is 0 Å². The minimum atomic E-state index is -1.72. The second kappa shape index (κ2) is 14.8. The predicted molar refractivity (Wildman–Crippen MR) is 210 cm³/mol. The Hall–Kier alpha value is -4.87. The zero-order valence-corrected chi connectivity index (χ0v) is 33.2. The average Bonchev–Trinajstić information content (AvgIpc) is 3.74. The number of benzene rings is 6. The van der Waals surface area contributed by atoms with Crippen LogP contribution in [0.2, 0.25) is 17.3 Å². The summed E-state index contributed by atoms with van der Waals surface area (Å²) in [7, 11) is 0. The van der Waals surface area contributed by atoms with E-state index in [1.165, 1.54) is 26.6 Å². The summed E-state index contributed by atoms with van der Waals surface area (Å²) in [5.41, 5.74) is 11.6. The van der Waals surface area contributed by atoms with E-state index in [-0.39, 0.29) is 26.0 Å². The van der Waals surface area contributed by atoms with Crippen LogP contribution in [-0.2, 0) is 20.1 Å². The molecule has 3 nitrogen and oxygen atoms in total. The van der Waals surface area contributed by atoms with Gasteiger partial charge in [-0.15, -0.1) is 18.2 Å². The summed E-state index contributed by atoms with van der Waals surface area (Å²) in [6.45, 7) is 0. The number of furan rings is 1. The molecule has 1 unspecified atom stereocenters. The van der Waals surface area contributed by atoms with E-state index in [9.17, 15) is 0 Å². The predicted octanol–water partition coefficient (Wildman–Crippen LogP) is 11.4. The van der Waals surface area contributed by atoms with Gasteiger partial charge >= 0.3 is 99.8 Å². The van der Waals surface area contributed by atoms with E-state index in [4.69, 9.17) is 9.41 Å². The van der Waals surface area contributed by atoms with Gasteiger partial charge in [0.1, 0.15) is 5.58 Å². The summed E-state index contributed by atoms with van der Waals surface area (Å²) in [6.07, 6.45) is 2.04. The Bertz CT molecular complexity index is 2460. The molecule has 9 rings (SSSR count). The number of fused-ring (bicyclic) bond motifs is 4. The number of pyridine rings is 1. The minimum Gasteiger partial charge on any atom is -0.501 e. The van der Waals surface area contributed by atoms with Gasteiger partial charge in [0.15, 0.2) is 0 Å². The van der Waals surface area contributed by atoms with Gasteiger partial charge in [-0.1, -0.05) is 102 Å². The Morgan fingerprint density at radius 2 is 1.35 bits per heavy atom. The van der Waals surface area contributed by atoms with E-state index in [1.54, 1.807) is 0 Å². The normalized spacial score (nSPS) is 13.5. The number of aliphatic imine (C=N–C) groups is 1. The van der Waals surface area contributed by atoms with Crippen molar-refractivity contribution >= 4 is 51.0 Å². The van der Waals surface area contributed by atoms with Crippen molar-refractivity contribution in [1.82, 2.24) is 4.98 Å². The fraction of sp³-hybridized carbons (Fsp3) is 0.0870. The Balaban J connectivity index is 0.000000202. The molecule has 51 heavy (non-hydrogen) atoms. The first kappa shape index (κ1) is 34.6. The molecule has 3 heterocycles. The maximum absolute atomic E-state index is 6.38. The monoisotopic (exact) mass is 899 g/mol. The summed E-state index contributed by atoms with van der Waals surface area (Å²) in [5, 5.41) is 2.21. The zero-order valence-electron chi connectivity index (χ0n) is 28.7. The number of aromatic nitrogens is 1. The van der Waals surface area contributed by atoms with Crippen LogP contribution in [0.25, 0.3) is 44.3 Å². The van der Waals surface area contributed by atoms with Gasteiger partial charge in [-0.2, -0.15) is 0 Å². The molecule has 0 saturated heterocycles. The van der Waals surface area contributed by atoms with Gasteiger partial charge in [0.2, 0.25) is 0 Å². The molecular formula is C46H36GeIrN2O-2. The first-order valence-electron chi connectivity index (χ1n) is 17.0. The summed E-state index contributed by atoms with van der Waals surface area (Å²) in [6, 6.07) is 58.9. The largest absolute Gasteiger partial charge is 0.501 e. The number of rotatable bonds is 5. The van der Waals surface area contributed by atoms with Crippen molar-refractivity contribution in [1.29, 1.82) is 0 Å². The fourth-order valence-electron chi connectivity index (χ4n) is 6.75. The van der Waals surface area contributed by atoms with Crippen LogP contribution in [0.1, 0.15) is 22.6 Å². The first-order chi connectivity index (χ1) is 24.5. The van der Waals surface area contributed by atoms with E-state index in [1.807, 2.05) is 48.7 Å². The van der Waals surface area contributed by atoms with Crippen molar-refractivity contribution in [3.05, 3.63) is 187 Å². The van der Waals surface area contributed by atoms with Crippen LogP contribution in [0.15, 0.2) is 167 Å². The van der Waals surface area contributed by atoms with Gasteiger partial charge in [-0.3, -0.25) is 4.99 Å². The number of para-hydroxylation sites is 2. The minimum absolute atomic E-state index is 0. The van der Waals surface area contributed by atoms with Gasteiger partial charge in [-0.05, 0) is 40.1 Å². The molecule has 2 aromatic heterocycles. The van der Waals surface area contributed by atoms with Gasteiger partial charge in [-0.25, -0.2) is 0 Å². The van der Waals surface area contributed by atoms with Crippen LogP contribution in [0.4, 0.5) is 5.69 Å². The summed E-state index contributed by atoms with van der Waals surface area (Å²) >= 11 is -1.72. The third kappa shape index (κ3) is 6.92. The maximum Gasteiger partial charge on any atom is 0.120 e. The van der Waals surface area contributed by atoms with Crippen LogP contribution in [0.3, 0.4) is 0 Å². The zero-order chi connectivity index (χ0) is 34.1. The number of hydrogen-bond acceptors (Lipinski definition) is 3. The summed E-state index contributed by atoms with van der Waals surface area (Å²) in [5.74, 6) is 7.13. The molecule has 6 aromatic carbocycles. The van der Waals surface area contributed by atoms with E-state index < -0.39 is 13.3 Å². The van der Waals surface area contributed by atoms with Crippen molar-refractivity contribution in [2.24, 2.45) is 4.99 Å². The summed E-state index contributed by atoms with van der Waals surface area (Å²) < 4.78 is 7.83. The average molecular weight is 898 g/mol. The maximum atomic E-state index is 6.38. The molecule has 0 amide bonds. The van der Waals surface area contributed by atoms with Crippen molar-refractivity contribution in [2.45, 2.75) is 23.2 Å². The Kier molecular flexibility index (Phi) is 10.0. The molecule has 1 radical (unpaired) electrons. The van der Waals surface area contributed by atoms with Crippen LogP contribution in [-0.4, -0.2) is 24.0 Å². The van der Waals surface area contributed by atoms with E-state index >= 15 is 0 Å². The SMILES string of the molecule is [CH3][Ge]([CH3])([CH3])[c]1ccc(-c2[c-]cccc2)nc1.[Ir].[c-]1ccc2c(oc3ccccc32)c1C1=Nc2ccccc2C1c1ccccc1-c1ccccc1. The standard InChI is InChI=1S/C32H20NO.C14H16GeN.Ir/c1-2-11-21(12-3-1)22-13-4-5-15-24(22)30-26-16-6-8-19-28(26)33-31(30)27-18-10-17-25-23-14-7-9-20-29(23)34-32(25)27;1-15(2,3)13-9-10-14(16-11-13)12-7-5-4-6-8-12;/h1-17,19-20,30H;4-7,9-11H,1-3H3;/q2*-1;. The van der Waals surface area contributed by atoms with Crippen molar-refractivity contribution < 1.29 is 24.5 Å². The molecule has 0 aliphatic carbocycles. The fourth-order valence-corrected chi connectivity index (χ4v) is 8.92. The molecule has 0 saturated carbocycles. The molecule has 0 fully saturated rings. The molecule has 0 spiro atoms. The molecule has 251 valence electrons. The second-order valence-corrected chi connectivity index (χ2v) is 24.2. The summed E-state index contributed by atoms with van der Waals surface area (Å²) in [4.78, 5) is 9.69. The smallest absolute Gasteiger partial charge is 0.120 e. The molecule has 1 atom stereocenters. The third-order valence-electron chi connectivity index (χ3n) is 9.33. The topological polar surface area (TPSA) is 38.4 Å². The van der Waals surface area contributed by atoms with Crippen LogP contribution in [0.5, 0.6) is 0 Å². The quantitative estimate of drug-likeness (QED) is 0.128. The van der Waals surface area contributed by atoms with Crippen molar-refractivity contribution in [2.75, 3.05) is 0 Å². The van der Waals surface area contributed by atoms with E-state index in [0.717, 1.165) is 50.2 Å².